The number of aromatic nitrogens is 2. The average Bonchev–Trinajstić information content (AvgIpc) is 2.79. The van der Waals surface area contributed by atoms with Crippen LogP contribution < -0.4 is 0 Å². The van der Waals surface area contributed by atoms with Crippen LogP contribution >= 0.6 is 11.3 Å². The third-order valence-corrected chi connectivity index (χ3v) is 3.03. The molecule has 0 unspecified atom stereocenters. The van der Waals surface area contributed by atoms with Crippen LogP contribution in [0, 0.1) is 18.3 Å². The standard InChI is InChI=1S/C12H11N3S/c1-9-8-10(11-4-3-7-16-11)15-12(14-9)5-2-6-13/h3-4,7-8H,2,5H2,1H3. The fourth-order valence-corrected chi connectivity index (χ4v) is 2.15. The average molecular weight is 229 g/mol. The van der Waals surface area contributed by atoms with Crippen molar-refractivity contribution in [2.75, 3.05) is 0 Å². The molecule has 0 bridgehead atoms. The van der Waals surface area contributed by atoms with Crippen LogP contribution in [0.3, 0.4) is 0 Å². The number of aryl methyl sites for hydroxylation is 2. The number of hydrogen-bond donors (Lipinski definition) is 0. The SMILES string of the molecule is Cc1cc(-c2cccs2)nc(CCC#N)n1. The van der Waals surface area contributed by atoms with Gasteiger partial charge in [0, 0.05) is 18.5 Å². The first-order chi connectivity index (χ1) is 7.79. The third-order valence-electron chi connectivity index (χ3n) is 2.13. The van der Waals surface area contributed by atoms with Gasteiger partial charge in [0.15, 0.2) is 0 Å². The monoisotopic (exact) mass is 229 g/mol. The highest BCUT2D eigenvalue weighted by atomic mass is 32.1. The van der Waals surface area contributed by atoms with Gasteiger partial charge in [-0.05, 0) is 24.4 Å². The number of rotatable bonds is 3. The van der Waals surface area contributed by atoms with Gasteiger partial charge in [-0.1, -0.05) is 6.07 Å². The molecule has 0 aromatic carbocycles. The Labute approximate surface area is 98.4 Å². The summed E-state index contributed by atoms with van der Waals surface area (Å²) in [6.07, 6.45) is 1.09. The molecule has 80 valence electrons. The van der Waals surface area contributed by atoms with Crippen molar-refractivity contribution in [2.24, 2.45) is 0 Å². The van der Waals surface area contributed by atoms with Gasteiger partial charge in [-0.2, -0.15) is 5.26 Å². The van der Waals surface area contributed by atoms with Gasteiger partial charge in [0.1, 0.15) is 5.82 Å². The Balaban J connectivity index is 2.33. The summed E-state index contributed by atoms with van der Waals surface area (Å²) in [7, 11) is 0. The molecule has 0 atom stereocenters. The molecule has 2 aromatic heterocycles. The molecule has 0 radical (unpaired) electrons. The van der Waals surface area contributed by atoms with Gasteiger partial charge in [0.05, 0.1) is 16.6 Å². The maximum atomic E-state index is 8.55. The zero-order valence-corrected chi connectivity index (χ0v) is 9.79. The zero-order chi connectivity index (χ0) is 11.4. The Morgan fingerprint density at radius 1 is 1.44 bits per heavy atom. The summed E-state index contributed by atoms with van der Waals surface area (Å²) in [6.45, 7) is 1.95. The Morgan fingerprint density at radius 2 is 2.31 bits per heavy atom. The van der Waals surface area contributed by atoms with Crippen molar-refractivity contribution in [2.45, 2.75) is 19.8 Å². The minimum Gasteiger partial charge on any atom is -0.238 e. The van der Waals surface area contributed by atoms with Crippen molar-refractivity contribution in [1.82, 2.24) is 9.97 Å². The molecule has 0 N–H and O–H groups in total. The molecule has 0 amide bonds. The van der Waals surface area contributed by atoms with E-state index in [2.05, 4.69) is 16.0 Å². The van der Waals surface area contributed by atoms with E-state index in [0.717, 1.165) is 22.1 Å². The molecule has 3 nitrogen and oxygen atoms in total. The molecule has 0 fully saturated rings. The van der Waals surface area contributed by atoms with Crippen LogP contribution in [0.5, 0.6) is 0 Å². The lowest BCUT2D eigenvalue weighted by atomic mass is 10.2. The van der Waals surface area contributed by atoms with Crippen LogP contribution in [0.25, 0.3) is 10.6 Å². The van der Waals surface area contributed by atoms with Crippen LogP contribution in [0.1, 0.15) is 17.9 Å². The first kappa shape index (κ1) is 10.8. The number of hydrogen-bond acceptors (Lipinski definition) is 4. The lowest BCUT2D eigenvalue weighted by Crippen LogP contribution is -1.98. The highest BCUT2D eigenvalue weighted by molar-refractivity contribution is 7.13. The molecular weight excluding hydrogens is 218 g/mol. The van der Waals surface area contributed by atoms with Crippen molar-refractivity contribution >= 4 is 11.3 Å². The maximum Gasteiger partial charge on any atom is 0.130 e. The number of thiophene rings is 1. The van der Waals surface area contributed by atoms with Crippen molar-refractivity contribution in [3.63, 3.8) is 0 Å². The van der Waals surface area contributed by atoms with E-state index in [1.807, 2.05) is 30.5 Å². The second-order valence-electron chi connectivity index (χ2n) is 3.45. The summed E-state index contributed by atoms with van der Waals surface area (Å²) in [6, 6.07) is 8.13. The minimum absolute atomic E-state index is 0.466. The molecule has 0 saturated heterocycles. The van der Waals surface area contributed by atoms with Crippen LogP contribution in [0.2, 0.25) is 0 Å². The van der Waals surface area contributed by atoms with E-state index in [-0.39, 0.29) is 0 Å². The van der Waals surface area contributed by atoms with Crippen molar-refractivity contribution in [1.29, 1.82) is 5.26 Å². The Kier molecular flexibility index (Phi) is 3.28. The molecule has 2 aromatic rings. The minimum atomic E-state index is 0.466. The quantitative estimate of drug-likeness (QED) is 0.813. The van der Waals surface area contributed by atoms with E-state index in [9.17, 15) is 0 Å². The van der Waals surface area contributed by atoms with Crippen LogP contribution in [-0.2, 0) is 6.42 Å². The van der Waals surface area contributed by atoms with Gasteiger partial charge in [-0.25, -0.2) is 9.97 Å². The van der Waals surface area contributed by atoms with E-state index in [1.54, 1.807) is 11.3 Å². The predicted octanol–water partition coefficient (Wildman–Crippen LogP) is 2.97. The first-order valence-corrected chi connectivity index (χ1v) is 5.93. The highest BCUT2D eigenvalue weighted by Crippen LogP contribution is 2.23. The van der Waals surface area contributed by atoms with Crippen LogP contribution in [0.4, 0.5) is 0 Å². The highest BCUT2D eigenvalue weighted by Gasteiger charge is 2.05. The van der Waals surface area contributed by atoms with Gasteiger partial charge < -0.3 is 0 Å². The van der Waals surface area contributed by atoms with Crippen molar-refractivity contribution in [3.05, 3.63) is 35.1 Å². The molecule has 16 heavy (non-hydrogen) atoms. The lowest BCUT2D eigenvalue weighted by Gasteiger charge is -2.02. The van der Waals surface area contributed by atoms with Crippen LogP contribution in [-0.4, -0.2) is 9.97 Å². The van der Waals surface area contributed by atoms with Crippen LogP contribution in [0.15, 0.2) is 23.6 Å². The van der Waals surface area contributed by atoms with E-state index < -0.39 is 0 Å². The molecule has 0 saturated carbocycles. The predicted molar refractivity (Wildman–Crippen MR) is 64.0 cm³/mol. The maximum absolute atomic E-state index is 8.55. The molecule has 0 aliphatic carbocycles. The van der Waals surface area contributed by atoms with Gasteiger partial charge in [-0.15, -0.1) is 11.3 Å². The summed E-state index contributed by atoms with van der Waals surface area (Å²) in [5.41, 5.74) is 1.90. The van der Waals surface area contributed by atoms with E-state index in [1.165, 1.54) is 0 Å². The fourth-order valence-electron chi connectivity index (χ4n) is 1.46. The number of nitrogens with zero attached hydrogens (tertiary/aromatic N) is 3. The lowest BCUT2D eigenvalue weighted by molar-refractivity contribution is 0.873. The zero-order valence-electron chi connectivity index (χ0n) is 8.97. The van der Waals surface area contributed by atoms with E-state index in [0.29, 0.717) is 12.8 Å². The van der Waals surface area contributed by atoms with Gasteiger partial charge >= 0.3 is 0 Å². The second kappa shape index (κ2) is 4.86. The summed E-state index contributed by atoms with van der Waals surface area (Å²) >= 11 is 1.66. The summed E-state index contributed by atoms with van der Waals surface area (Å²) < 4.78 is 0. The number of nitriles is 1. The topological polar surface area (TPSA) is 49.6 Å². The largest absolute Gasteiger partial charge is 0.238 e. The van der Waals surface area contributed by atoms with Gasteiger partial charge in [-0.3, -0.25) is 0 Å². The third kappa shape index (κ3) is 2.44. The van der Waals surface area contributed by atoms with E-state index in [4.69, 9.17) is 5.26 Å². The second-order valence-corrected chi connectivity index (χ2v) is 4.39. The Bertz CT molecular complexity index is 512. The first-order valence-electron chi connectivity index (χ1n) is 5.05. The molecular formula is C12H11N3S. The summed E-state index contributed by atoms with van der Waals surface area (Å²) in [4.78, 5) is 9.93. The Morgan fingerprint density at radius 3 is 3.00 bits per heavy atom. The molecule has 2 rings (SSSR count). The van der Waals surface area contributed by atoms with Gasteiger partial charge in [0.2, 0.25) is 0 Å². The summed E-state index contributed by atoms with van der Waals surface area (Å²) in [5.74, 6) is 0.755. The van der Waals surface area contributed by atoms with Crippen molar-refractivity contribution < 1.29 is 0 Å². The summed E-state index contributed by atoms with van der Waals surface area (Å²) in [5, 5.41) is 10.6. The van der Waals surface area contributed by atoms with Crippen molar-refractivity contribution in [3.8, 4) is 16.6 Å². The van der Waals surface area contributed by atoms with E-state index >= 15 is 0 Å². The molecule has 2 heterocycles. The normalized spacial score (nSPS) is 10.0. The molecule has 0 spiro atoms. The Hall–Kier alpha value is -1.73. The smallest absolute Gasteiger partial charge is 0.130 e. The fraction of sp³-hybridized carbons (Fsp3) is 0.250. The molecule has 0 aliphatic rings. The molecule has 0 aliphatic heterocycles. The van der Waals surface area contributed by atoms with Gasteiger partial charge in [0.25, 0.3) is 0 Å². The molecule has 4 heteroatoms.